The van der Waals surface area contributed by atoms with Crippen LogP contribution in [0.4, 0.5) is 0 Å². The van der Waals surface area contributed by atoms with E-state index in [2.05, 4.69) is 15.6 Å². The number of ether oxygens (including phenoxy) is 2. The molecule has 1 N–H and O–H groups in total. The fraction of sp³-hybridized carbons (Fsp3) is 0.167. The van der Waals surface area contributed by atoms with Gasteiger partial charge in [0.05, 0.1) is 18.7 Å². The van der Waals surface area contributed by atoms with Crippen molar-refractivity contribution in [3.05, 3.63) is 97.7 Å². The fourth-order valence-electron chi connectivity index (χ4n) is 3.14. The first-order chi connectivity index (χ1) is 16.9. The molecular weight excluding hydrogens is 550 g/mol. The maximum atomic E-state index is 6.53. The zero-order valence-corrected chi connectivity index (χ0v) is 22.3. The standard InChI is InChI=1S/C24H20Cl4N4O2S/c1-33-22-9-16(8-21(28)23(22)34-12-17-4-7-19(26)10-20(17)27)11-30-32-14-29-31-24(32)35-13-15-2-5-18(25)6-3-15/h2-10,14,30H,11-13H2,1H3. The van der Waals surface area contributed by atoms with Crippen LogP contribution in [0.15, 0.2) is 66.1 Å². The molecule has 0 fully saturated rings. The highest BCUT2D eigenvalue weighted by Crippen LogP contribution is 2.37. The highest BCUT2D eigenvalue weighted by atomic mass is 35.5. The molecule has 1 heterocycles. The number of thioether (sulfide) groups is 1. The maximum absolute atomic E-state index is 6.53. The van der Waals surface area contributed by atoms with Crippen molar-refractivity contribution in [2.45, 2.75) is 24.1 Å². The predicted molar refractivity (Wildman–Crippen MR) is 143 cm³/mol. The summed E-state index contributed by atoms with van der Waals surface area (Å²) < 4.78 is 13.2. The third-order valence-corrected chi connectivity index (χ3v) is 7.06. The van der Waals surface area contributed by atoms with Crippen LogP contribution in [-0.4, -0.2) is 22.0 Å². The van der Waals surface area contributed by atoms with Gasteiger partial charge in [-0.15, -0.1) is 10.2 Å². The molecule has 4 aromatic rings. The zero-order valence-electron chi connectivity index (χ0n) is 18.5. The number of hydrogen-bond donors (Lipinski definition) is 1. The summed E-state index contributed by atoms with van der Waals surface area (Å²) in [7, 11) is 1.57. The summed E-state index contributed by atoms with van der Waals surface area (Å²) in [5, 5.41) is 11.2. The van der Waals surface area contributed by atoms with E-state index in [4.69, 9.17) is 55.9 Å². The topological polar surface area (TPSA) is 61.2 Å². The lowest BCUT2D eigenvalue weighted by Gasteiger charge is -2.16. The Hall–Kier alpha value is -2.29. The molecule has 0 saturated heterocycles. The summed E-state index contributed by atoms with van der Waals surface area (Å²) in [6, 6.07) is 16.6. The molecule has 0 radical (unpaired) electrons. The number of nitrogens with zero attached hydrogens (tertiary/aromatic N) is 3. The smallest absolute Gasteiger partial charge is 0.210 e. The molecule has 35 heavy (non-hydrogen) atoms. The molecule has 1 aromatic heterocycles. The van der Waals surface area contributed by atoms with Gasteiger partial charge in [0.1, 0.15) is 12.9 Å². The first kappa shape index (κ1) is 25.8. The Morgan fingerprint density at radius 1 is 0.914 bits per heavy atom. The van der Waals surface area contributed by atoms with Gasteiger partial charge < -0.3 is 14.9 Å². The number of benzene rings is 3. The van der Waals surface area contributed by atoms with E-state index in [1.54, 1.807) is 42.0 Å². The van der Waals surface area contributed by atoms with Crippen LogP contribution >= 0.6 is 58.2 Å². The van der Waals surface area contributed by atoms with Crippen molar-refractivity contribution in [3.8, 4) is 11.5 Å². The van der Waals surface area contributed by atoms with Gasteiger partial charge in [-0.05, 0) is 47.5 Å². The number of hydrogen-bond acceptors (Lipinski definition) is 6. The molecule has 0 aliphatic rings. The maximum Gasteiger partial charge on any atom is 0.210 e. The number of methoxy groups -OCH3 is 1. The van der Waals surface area contributed by atoms with Gasteiger partial charge in [0.25, 0.3) is 0 Å². The highest BCUT2D eigenvalue weighted by Gasteiger charge is 2.14. The molecule has 0 aliphatic carbocycles. The van der Waals surface area contributed by atoms with E-state index in [0.29, 0.717) is 38.1 Å². The van der Waals surface area contributed by atoms with Crippen LogP contribution in [0.2, 0.25) is 20.1 Å². The summed E-state index contributed by atoms with van der Waals surface area (Å²) >= 11 is 26.3. The molecule has 182 valence electrons. The van der Waals surface area contributed by atoms with Crippen LogP contribution in [0.5, 0.6) is 11.5 Å². The van der Waals surface area contributed by atoms with Gasteiger partial charge >= 0.3 is 0 Å². The van der Waals surface area contributed by atoms with Crippen molar-refractivity contribution >= 4 is 58.2 Å². The second-order valence-electron chi connectivity index (χ2n) is 7.37. The molecule has 11 heteroatoms. The van der Waals surface area contributed by atoms with E-state index < -0.39 is 0 Å². The van der Waals surface area contributed by atoms with E-state index in [9.17, 15) is 0 Å². The van der Waals surface area contributed by atoms with Crippen molar-refractivity contribution < 1.29 is 9.47 Å². The average Bonchev–Trinajstić information content (AvgIpc) is 3.29. The Labute approximate surface area is 227 Å². The molecule has 0 saturated carbocycles. The molecule has 0 atom stereocenters. The average molecular weight is 570 g/mol. The Morgan fingerprint density at radius 3 is 2.43 bits per heavy atom. The first-order valence-electron chi connectivity index (χ1n) is 10.4. The van der Waals surface area contributed by atoms with E-state index in [1.165, 1.54) is 0 Å². The van der Waals surface area contributed by atoms with E-state index >= 15 is 0 Å². The minimum atomic E-state index is 0.221. The Balaban J connectivity index is 1.40. The Morgan fingerprint density at radius 2 is 1.69 bits per heavy atom. The highest BCUT2D eigenvalue weighted by molar-refractivity contribution is 7.98. The Kier molecular flexibility index (Phi) is 8.92. The molecule has 0 amide bonds. The van der Waals surface area contributed by atoms with Crippen molar-refractivity contribution in [3.63, 3.8) is 0 Å². The lowest BCUT2D eigenvalue weighted by molar-refractivity contribution is 0.284. The molecule has 0 aliphatic heterocycles. The fourth-order valence-corrected chi connectivity index (χ4v) is 4.86. The second-order valence-corrected chi connectivity index (χ2v) is 10.00. The zero-order chi connectivity index (χ0) is 24.8. The van der Waals surface area contributed by atoms with Crippen LogP contribution in [0, 0.1) is 0 Å². The summed E-state index contributed by atoms with van der Waals surface area (Å²) in [5.74, 6) is 1.69. The third-order valence-electron chi connectivity index (χ3n) is 4.93. The van der Waals surface area contributed by atoms with Crippen LogP contribution < -0.4 is 14.9 Å². The number of nitrogens with one attached hydrogen (secondary N) is 1. The van der Waals surface area contributed by atoms with E-state index in [0.717, 1.165) is 27.6 Å². The lowest BCUT2D eigenvalue weighted by atomic mass is 10.2. The molecule has 0 spiro atoms. The largest absolute Gasteiger partial charge is 0.493 e. The monoisotopic (exact) mass is 568 g/mol. The summed E-state index contributed by atoms with van der Waals surface area (Å²) in [6.07, 6.45) is 1.62. The van der Waals surface area contributed by atoms with E-state index in [-0.39, 0.29) is 6.61 Å². The van der Waals surface area contributed by atoms with E-state index in [1.807, 2.05) is 42.5 Å². The normalized spacial score (nSPS) is 10.9. The van der Waals surface area contributed by atoms with Gasteiger partial charge in [-0.2, -0.15) is 0 Å². The van der Waals surface area contributed by atoms with Gasteiger partial charge in [0.2, 0.25) is 5.16 Å². The number of rotatable bonds is 10. The SMILES string of the molecule is COc1cc(CNn2cnnc2SCc2ccc(Cl)cc2)cc(Cl)c1OCc1ccc(Cl)cc1Cl. The van der Waals surface area contributed by atoms with Gasteiger partial charge in [0.15, 0.2) is 11.5 Å². The van der Waals surface area contributed by atoms with Gasteiger partial charge in [-0.3, -0.25) is 0 Å². The van der Waals surface area contributed by atoms with Crippen LogP contribution in [0.25, 0.3) is 0 Å². The molecule has 4 rings (SSSR count). The van der Waals surface area contributed by atoms with Gasteiger partial charge in [-0.25, -0.2) is 4.68 Å². The number of aromatic nitrogens is 3. The quantitative estimate of drug-likeness (QED) is 0.199. The van der Waals surface area contributed by atoms with Crippen molar-refractivity contribution in [2.75, 3.05) is 12.5 Å². The lowest BCUT2D eigenvalue weighted by Crippen LogP contribution is -2.14. The van der Waals surface area contributed by atoms with Gasteiger partial charge in [0, 0.05) is 26.4 Å². The van der Waals surface area contributed by atoms with Crippen molar-refractivity contribution in [2.24, 2.45) is 0 Å². The molecule has 0 bridgehead atoms. The molecule has 6 nitrogen and oxygen atoms in total. The minimum absolute atomic E-state index is 0.221. The molecule has 3 aromatic carbocycles. The second kappa shape index (κ2) is 12.1. The first-order valence-corrected chi connectivity index (χ1v) is 12.9. The predicted octanol–water partition coefficient (Wildman–Crippen LogP) is 7.52. The van der Waals surface area contributed by atoms with Crippen LogP contribution in [0.3, 0.4) is 0 Å². The summed E-state index contributed by atoms with van der Waals surface area (Å²) in [5.41, 5.74) is 6.11. The minimum Gasteiger partial charge on any atom is -0.493 e. The van der Waals surface area contributed by atoms with Crippen molar-refractivity contribution in [1.82, 2.24) is 14.9 Å². The summed E-state index contributed by atoms with van der Waals surface area (Å²) in [6.45, 7) is 0.685. The van der Waals surface area contributed by atoms with Crippen LogP contribution in [-0.2, 0) is 18.9 Å². The molecular formula is C24H20Cl4N4O2S. The van der Waals surface area contributed by atoms with Crippen LogP contribution in [0.1, 0.15) is 16.7 Å². The third kappa shape index (κ3) is 6.90. The van der Waals surface area contributed by atoms with Crippen molar-refractivity contribution in [1.29, 1.82) is 0 Å². The summed E-state index contributed by atoms with van der Waals surface area (Å²) in [4.78, 5) is 0. The Bertz CT molecular complexity index is 1300. The van der Waals surface area contributed by atoms with Gasteiger partial charge in [-0.1, -0.05) is 76.4 Å². The molecule has 0 unspecified atom stereocenters. The number of halogens is 4.